The zero-order valence-electron chi connectivity index (χ0n) is 11.8. The molecule has 2 N–H and O–H groups in total. The second-order valence-electron chi connectivity index (χ2n) is 5.26. The summed E-state index contributed by atoms with van der Waals surface area (Å²) in [4.78, 5) is 18.2. The van der Waals surface area contributed by atoms with Crippen molar-refractivity contribution in [1.29, 1.82) is 0 Å². The Morgan fingerprint density at radius 1 is 1.27 bits per heavy atom. The van der Waals surface area contributed by atoms with E-state index >= 15 is 0 Å². The van der Waals surface area contributed by atoms with Gasteiger partial charge in [-0.05, 0) is 25.1 Å². The molecule has 0 unspecified atom stereocenters. The second kappa shape index (κ2) is 4.68. The minimum Gasteiger partial charge on any atom is -0.422 e. The van der Waals surface area contributed by atoms with Gasteiger partial charge in [-0.25, -0.2) is 4.79 Å². The maximum absolute atomic E-state index is 12.0. The number of ether oxygens (including phenoxy) is 1. The Hall–Kier alpha value is -2.66. The van der Waals surface area contributed by atoms with Gasteiger partial charge < -0.3 is 14.7 Å². The molecule has 0 spiro atoms. The number of hydrogen-bond acceptors (Lipinski definition) is 3. The molecule has 4 rings (SSSR count). The van der Waals surface area contributed by atoms with Gasteiger partial charge in [0.1, 0.15) is 16.0 Å². The molecule has 1 aliphatic heterocycles. The van der Waals surface area contributed by atoms with E-state index in [1.165, 1.54) is 0 Å². The molecule has 3 aromatic rings. The van der Waals surface area contributed by atoms with Crippen LogP contribution in [0.2, 0.25) is 0 Å². The van der Waals surface area contributed by atoms with Gasteiger partial charge in [-0.3, -0.25) is 0 Å². The lowest BCUT2D eigenvalue weighted by molar-refractivity contribution is 0.0716. The van der Waals surface area contributed by atoms with E-state index in [1.807, 2.05) is 49.5 Å². The van der Waals surface area contributed by atoms with Crippen LogP contribution in [-0.2, 0) is 4.74 Å². The van der Waals surface area contributed by atoms with E-state index in [0.29, 0.717) is 16.0 Å². The van der Waals surface area contributed by atoms with Crippen molar-refractivity contribution >= 4 is 40.9 Å². The molecule has 1 aliphatic rings. The van der Waals surface area contributed by atoms with Gasteiger partial charge in [0, 0.05) is 33.9 Å². The number of cyclic esters (lactones) is 1. The predicted octanol–water partition coefficient (Wildman–Crippen LogP) is 4.20. The Kier molecular flexibility index (Phi) is 2.77. The molecule has 108 valence electrons. The average Bonchev–Trinajstić information content (AvgIpc) is 3.02. The van der Waals surface area contributed by atoms with Gasteiger partial charge in [0.15, 0.2) is 0 Å². The summed E-state index contributed by atoms with van der Waals surface area (Å²) in [7, 11) is 0. The Labute approximate surface area is 131 Å². The first-order chi connectivity index (χ1) is 10.6. The zero-order valence-corrected chi connectivity index (χ0v) is 12.6. The van der Waals surface area contributed by atoms with E-state index in [-0.39, 0.29) is 0 Å². The fourth-order valence-electron chi connectivity index (χ4n) is 2.75. The number of rotatable bonds is 1. The number of aromatic nitrogens is 2. The molecule has 0 bridgehead atoms. The number of H-pyrrole nitrogens is 2. The summed E-state index contributed by atoms with van der Waals surface area (Å²) in [5.74, 6) is 0.135. The Morgan fingerprint density at radius 2 is 2.09 bits per heavy atom. The molecule has 0 radical (unpaired) electrons. The number of aryl methyl sites for hydroxylation is 1. The topological polar surface area (TPSA) is 57.9 Å². The van der Waals surface area contributed by atoms with E-state index in [0.717, 1.165) is 27.7 Å². The van der Waals surface area contributed by atoms with Crippen LogP contribution in [0.3, 0.4) is 0 Å². The van der Waals surface area contributed by atoms with Crippen molar-refractivity contribution in [2.45, 2.75) is 6.92 Å². The summed E-state index contributed by atoms with van der Waals surface area (Å²) < 4.78 is 5.83. The van der Waals surface area contributed by atoms with E-state index in [4.69, 9.17) is 17.0 Å². The monoisotopic (exact) mass is 308 g/mol. The largest absolute Gasteiger partial charge is 0.422 e. The summed E-state index contributed by atoms with van der Waals surface area (Å²) in [6, 6.07) is 9.87. The molecular weight excluding hydrogens is 296 g/mol. The molecule has 0 aliphatic carbocycles. The molecule has 4 nitrogen and oxygen atoms in total. The molecule has 2 aromatic heterocycles. The van der Waals surface area contributed by atoms with Gasteiger partial charge in [0.05, 0.1) is 0 Å². The minimum absolute atomic E-state index is 0.401. The first-order valence-corrected chi connectivity index (χ1v) is 7.28. The number of para-hydroxylation sites is 1. The number of benzene rings is 1. The number of esters is 1. The second-order valence-corrected chi connectivity index (χ2v) is 5.67. The first-order valence-electron chi connectivity index (χ1n) is 6.88. The molecule has 1 aromatic carbocycles. The van der Waals surface area contributed by atoms with Gasteiger partial charge in [-0.15, -0.1) is 0 Å². The van der Waals surface area contributed by atoms with Crippen molar-refractivity contribution in [1.82, 2.24) is 9.97 Å². The van der Waals surface area contributed by atoms with Gasteiger partial charge in [0.25, 0.3) is 0 Å². The highest BCUT2D eigenvalue weighted by Crippen LogP contribution is 2.33. The van der Waals surface area contributed by atoms with E-state index < -0.39 is 5.97 Å². The van der Waals surface area contributed by atoms with Crippen LogP contribution in [0, 0.1) is 11.6 Å². The number of pyridine rings is 1. The Bertz CT molecular complexity index is 1010. The lowest BCUT2D eigenvalue weighted by Gasteiger charge is -2.00. The Balaban J connectivity index is 1.93. The minimum atomic E-state index is -0.401. The average molecular weight is 308 g/mol. The van der Waals surface area contributed by atoms with E-state index in [1.54, 1.807) is 0 Å². The standard InChI is InChI=1S/C17H12N2O2S/c1-9-6-12-14(21-17(20)15(12)16(22)19-9)7-10-8-18-13-5-3-2-4-11(10)13/h2-8,18H,1H3,(H,19,22)/b14-7-. The number of carbonyl (C=O) groups excluding carboxylic acids is 1. The van der Waals surface area contributed by atoms with Crippen LogP contribution in [-0.4, -0.2) is 15.9 Å². The smallest absolute Gasteiger partial charge is 0.347 e. The first kappa shape index (κ1) is 13.0. The van der Waals surface area contributed by atoms with Crippen LogP contribution in [0.15, 0.2) is 36.5 Å². The van der Waals surface area contributed by atoms with Gasteiger partial charge in [0.2, 0.25) is 0 Å². The van der Waals surface area contributed by atoms with Crippen LogP contribution < -0.4 is 0 Å². The molecule has 0 atom stereocenters. The fraction of sp³-hybridized carbons (Fsp3) is 0.0588. The highest BCUT2D eigenvalue weighted by Gasteiger charge is 2.28. The maximum Gasteiger partial charge on any atom is 0.347 e. The van der Waals surface area contributed by atoms with Crippen molar-refractivity contribution in [3.8, 4) is 0 Å². The summed E-state index contributed by atoms with van der Waals surface area (Å²) in [6.45, 7) is 1.90. The summed E-state index contributed by atoms with van der Waals surface area (Å²) in [6.07, 6.45) is 3.77. The molecule has 0 saturated heterocycles. The van der Waals surface area contributed by atoms with Crippen molar-refractivity contribution in [2.75, 3.05) is 0 Å². The lowest BCUT2D eigenvalue weighted by Crippen LogP contribution is -1.97. The quantitative estimate of drug-likeness (QED) is 0.523. The van der Waals surface area contributed by atoms with Gasteiger partial charge >= 0.3 is 5.97 Å². The highest BCUT2D eigenvalue weighted by molar-refractivity contribution is 7.71. The normalized spacial score (nSPS) is 15.3. The van der Waals surface area contributed by atoms with Crippen molar-refractivity contribution in [3.05, 3.63) is 63.6 Å². The number of hydrogen-bond donors (Lipinski definition) is 2. The third-order valence-corrected chi connectivity index (χ3v) is 4.05. The van der Waals surface area contributed by atoms with Crippen LogP contribution >= 0.6 is 12.2 Å². The predicted molar refractivity (Wildman–Crippen MR) is 87.9 cm³/mol. The highest BCUT2D eigenvalue weighted by atomic mass is 32.1. The summed E-state index contributed by atoms with van der Waals surface area (Å²) >= 11 is 5.23. The molecular formula is C17H12N2O2S. The summed E-state index contributed by atoms with van der Waals surface area (Å²) in [5.41, 5.74) is 4.10. The maximum atomic E-state index is 12.0. The number of nitrogens with one attached hydrogen (secondary N) is 2. The van der Waals surface area contributed by atoms with Crippen molar-refractivity contribution in [2.24, 2.45) is 0 Å². The van der Waals surface area contributed by atoms with Crippen LogP contribution in [0.5, 0.6) is 0 Å². The van der Waals surface area contributed by atoms with Gasteiger partial charge in [-0.1, -0.05) is 30.4 Å². The SMILES string of the molecule is Cc1cc2c(c(=S)[nH]1)C(=O)O/C2=C\c1c[nH]c2ccccc12. The van der Waals surface area contributed by atoms with E-state index in [2.05, 4.69) is 9.97 Å². The molecule has 0 fully saturated rings. The summed E-state index contributed by atoms with van der Waals surface area (Å²) in [5, 5.41) is 1.08. The van der Waals surface area contributed by atoms with Crippen LogP contribution in [0.1, 0.15) is 27.2 Å². The van der Waals surface area contributed by atoms with Crippen molar-refractivity contribution in [3.63, 3.8) is 0 Å². The molecule has 5 heteroatoms. The molecule has 3 heterocycles. The van der Waals surface area contributed by atoms with Crippen LogP contribution in [0.25, 0.3) is 22.7 Å². The van der Waals surface area contributed by atoms with E-state index in [9.17, 15) is 4.79 Å². The third-order valence-electron chi connectivity index (χ3n) is 3.75. The number of fused-ring (bicyclic) bond motifs is 2. The number of carbonyl (C=O) groups is 1. The molecule has 0 saturated carbocycles. The Morgan fingerprint density at radius 3 is 2.95 bits per heavy atom. The number of aromatic amines is 2. The third kappa shape index (κ3) is 1.90. The van der Waals surface area contributed by atoms with Gasteiger partial charge in [-0.2, -0.15) is 0 Å². The fourth-order valence-corrected chi connectivity index (χ4v) is 3.11. The van der Waals surface area contributed by atoms with Crippen molar-refractivity contribution < 1.29 is 9.53 Å². The molecule has 0 amide bonds. The lowest BCUT2D eigenvalue weighted by atomic mass is 10.1. The zero-order chi connectivity index (χ0) is 15.3. The molecule has 22 heavy (non-hydrogen) atoms. The van der Waals surface area contributed by atoms with Crippen LogP contribution in [0.4, 0.5) is 0 Å².